The molecule has 0 spiro atoms. The number of hydrogen-bond acceptors (Lipinski definition) is 4. The van der Waals surface area contributed by atoms with Crippen LogP contribution in [0.5, 0.6) is 0 Å². The zero-order valence-corrected chi connectivity index (χ0v) is 19.6. The quantitative estimate of drug-likeness (QED) is 0.255. The van der Waals surface area contributed by atoms with Crippen molar-refractivity contribution in [1.29, 1.82) is 0 Å². The monoisotopic (exact) mass is 507 g/mol. The minimum atomic E-state index is 0. The summed E-state index contributed by atoms with van der Waals surface area (Å²) in [6, 6.07) is 12.3. The van der Waals surface area contributed by atoms with E-state index in [-0.39, 0.29) is 24.0 Å². The van der Waals surface area contributed by atoms with Gasteiger partial charge in [-0.2, -0.15) is 0 Å². The molecule has 0 radical (unpaired) electrons. The Balaban J connectivity index is 0.00000300. The lowest BCUT2D eigenvalue weighted by atomic mass is 9.99. The Bertz CT molecular complexity index is 915. The molecule has 29 heavy (non-hydrogen) atoms. The second kappa shape index (κ2) is 11.7. The molecular weight excluding hydrogens is 477 g/mol. The third-order valence-electron chi connectivity index (χ3n) is 4.88. The molecule has 3 aromatic rings. The molecule has 1 aromatic carbocycles. The van der Waals surface area contributed by atoms with Crippen LogP contribution in [0.2, 0.25) is 0 Å². The number of fused-ring (bicyclic) bond motifs is 1. The van der Waals surface area contributed by atoms with E-state index in [1.807, 2.05) is 24.4 Å². The Kier molecular flexibility index (Phi) is 9.37. The Morgan fingerprint density at radius 3 is 2.66 bits per heavy atom. The number of benzene rings is 1. The van der Waals surface area contributed by atoms with E-state index in [9.17, 15) is 0 Å². The van der Waals surface area contributed by atoms with Crippen molar-refractivity contribution in [2.24, 2.45) is 4.99 Å². The summed E-state index contributed by atoms with van der Waals surface area (Å²) < 4.78 is 5.49. The highest BCUT2D eigenvalue weighted by Gasteiger charge is 2.13. The molecule has 0 aliphatic rings. The highest BCUT2D eigenvalue weighted by molar-refractivity contribution is 14.0. The molecule has 0 saturated carbocycles. The topological polar surface area (TPSA) is 75.3 Å². The number of aromatic nitrogens is 2. The van der Waals surface area contributed by atoms with E-state index < -0.39 is 0 Å². The van der Waals surface area contributed by atoms with E-state index >= 15 is 0 Å². The zero-order valence-electron chi connectivity index (χ0n) is 17.3. The molecule has 156 valence electrons. The first kappa shape index (κ1) is 23.1. The summed E-state index contributed by atoms with van der Waals surface area (Å²) >= 11 is 0. The fraction of sp³-hybridized carbons (Fsp3) is 0.409. The van der Waals surface area contributed by atoms with Gasteiger partial charge >= 0.3 is 0 Å². The van der Waals surface area contributed by atoms with E-state index in [0.29, 0.717) is 19.0 Å². The van der Waals surface area contributed by atoms with Gasteiger partial charge in [-0.3, -0.25) is 4.98 Å². The molecule has 0 aliphatic carbocycles. The molecule has 0 saturated heterocycles. The molecule has 3 rings (SSSR count). The van der Waals surface area contributed by atoms with Crippen molar-refractivity contribution in [3.8, 4) is 0 Å². The van der Waals surface area contributed by atoms with Gasteiger partial charge in [0, 0.05) is 30.1 Å². The van der Waals surface area contributed by atoms with Crippen molar-refractivity contribution in [2.45, 2.75) is 52.6 Å². The summed E-state index contributed by atoms with van der Waals surface area (Å²) in [5, 5.41) is 12.0. The minimum Gasteiger partial charge on any atom is -0.359 e. The molecule has 0 amide bonds. The highest BCUT2D eigenvalue weighted by atomic mass is 127. The fourth-order valence-electron chi connectivity index (χ4n) is 3.28. The van der Waals surface area contributed by atoms with Crippen LogP contribution in [0.15, 0.2) is 52.1 Å². The van der Waals surface area contributed by atoms with Crippen molar-refractivity contribution in [3.63, 3.8) is 0 Å². The number of guanidine groups is 1. The number of para-hydroxylation sites is 1. The summed E-state index contributed by atoms with van der Waals surface area (Å²) in [5.41, 5.74) is 3.13. The summed E-state index contributed by atoms with van der Waals surface area (Å²) in [4.78, 5) is 9.22. The molecule has 0 aliphatic heterocycles. The SMILES string of the molecule is CCNC(=NCc1cccc2cccnc12)NCc1cc(C(CC)CC)no1.I. The van der Waals surface area contributed by atoms with Crippen LogP contribution >= 0.6 is 24.0 Å². The lowest BCUT2D eigenvalue weighted by Gasteiger charge is -2.10. The van der Waals surface area contributed by atoms with Crippen LogP contribution < -0.4 is 10.6 Å². The number of rotatable bonds is 8. The summed E-state index contributed by atoms with van der Waals surface area (Å²) in [5.74, 6) is 2.02. The van der Waals surface area contributed by atoms with Crippen LogP contribution in [-0.4, -0.2) is 22.6 Å². The largest absolute Gasteiger partial charge is 0.359 e. The zero-order chi connectivity index (χ0) is 19.8. The van der Waals surface area contributed by atoms with Gasteiger partial charge in [0.05, 0.1) is 24.3 Å². The van der Waals surface area contributed by atoms with Crippen molar-refractivity contribution >= 4 is 40.8 Å². The van der Waals surface area contributed by atoms with E-state index in [2.05, 4.69) is 59.7 Å². The molecule has 0 fully saturated rings. The summed E-state index contributed by atoms with van der Waals surface area (Å²) in [6.07, 6.45) is 3.96. The normalized spacial score (nSPS) is 11.5. The first-order valence-electron chi connectivity index (χ1n) is 10.0. The van der Waals surface area contributed by atoms with Crippen LogP contribution in [0.25, 0.3) is 10.9 Å². The molecule has 2 aromatic heterocycles. The van der Waals surface area contributed by atoms with Crippen LogP contribution in [0.3, 0.4) is 0 Å². The molecule has 7 heteroatoms. The Morgan fingerprint density at radius 2 is 1.90 bits per heavy atom. The van der Waals surface area contributed by atoms with Crippen molar-refractivity contribution in [2.75, 3.05) is 6.54 Å². The maximum atomic E-state index is 5.49. The van der Waals surface area contributed by atoms with Gasteiger partial charge in [0.2, 0.25) is 0 Å². The van der Waals surface area contributed by atoms with Crippen LogP contribution in [0.1, 0.15) is 56.5 Å². The van der Waals surface area contributed by atoms with Crippen molar-refractivity contribution in [3.05, 3.63) is 59.6 Å². The molecule has 6 nitrogen and oxygen atoms in total. The summed E-state index contributed by atoms with van der Waals surface area (Å²) in [6.45, 7) is 8.30. The molecule has 0 unspecified atom stereocenters. The number of pyridine rings is 1. The number of nitrogens with zero attached hydrogens (tertiary/aromatic N) is 3. The minimum absolute atomic E-state index is 0. The van der Waals surface area contributed by atoms with Gasteiger partial charge < -0.3 is 15.2 Å². The summed E-state index contributed by atoms with van der Waals surface area (Å²) in [7, 11) is 0. The van der Waals surface area contributed by atoms with Crippen molar-refractivity contribution < 1.29 is 4.52 Å². The van der Waals surface area contributed by atoms with E-state index in [1.165, 1.54) is 0 Å². The van der Waals surface area contributed by atoms with Gasteiger partial charge in [-0.05, 0) is 31.4 Å². The van der Waals surface area contributed by atoms with Crippen molar-refractivity contribution in [1.82, 2.24) is 20.8 Å². The Morgan fingerprint density at radius 1 is 1.10 bits per heavy atom. The molecule has 0 atom stereocenters. The lowest BCUT2D eigenvalue weighted by Crippen LogP contribution is -2.36. The molecule has 0 bridgehead atoms. The van der Waals surface area contributed by atoms with E-state index in [4.69, 9.17) is 9.52 Å². The fourth-order valence-corrected chi connectivity index (χ4v) is 3.28. The van der Waals surface area contributed by atoms with E-state index in [0.717, 1.165) is 53.3 Å². The Labute approximate surface area is 189 Å². The average Bonchev–Trinajstić information content (AvgIpc) is 3.20. The molecule has 2 heterocycles. The second-order valence-electron chi connectivity index (χ2n) is 6.77. The number of halogens is 1. The van der Waals surface area contributed by atoms with Gasteiger partial charge in [0.15, 0.2) is 11.7 Å². The first-order chi connectivity index (χ1) is 13.7. The van der Waals surface area contributed by atoms with Gasteiger partial charge in [0.1, 0.15) is 0 Å². The van der Waals surface area contributed by atoms with Gasteiger partial charge in [-0.15, -0.1) is 24.0 Å². The predicted molar refractivity (Wildman–Crippen MR) is 129 cm³/mol. The molecular formula is C22H30IN5O. The maximum absolute atomic E-state index is 5.49. The smallest absolute Gasteiger partial charge is 0.191 e. The number of hydrogen-bond donors (Lipinski definition) is 2. The molecule has 2 N–H and O–H groups in total. The first-order valence-corrected chi connectivity index (χ1v) is 10.0. The Hall–Kier alpha value is -2.16. The highest BCUT2D eigenvalue weighted by Crippen LogP contribution is 2.22. The van der Waals surface area contributed by atoms with Gasteiger partial charge in [-0.1, -0.05) is 43.3 Å². The number of aliphatic imine (C=N–C) groups is 1. The standard InChI is InChI=1S/C22H29N5O.HI/c1-4-16(5-2)20-13-19(28-27-20)15-26-22(23-6-3)25-14-18-10-7-9-17-11-8-12-24-21(17)18;/h7-13,16H,4-6,14-15H2,1-3H3,(H2,23,25,26);1H. The third-order valence-corrected chi connectivity index (χ3v) is 4.88. The lowest BCUT2D eigenvalue weighted by molar-refractivity contribution is 0.368. The second-order valence-corrected chi connectivity index (χ2v) is 6.77. The van der Waals surface area contributed by atoms with Crippen LogP contribution in [-0.2, 0) is 13.1 Å². The van der Waals surface area contributed by atoms with Crippen LogP contribution in [0.4, 0.5) is 0 Å². The third kappa shape index (κ3) is 6.16. The maximum Gasteiger partial charge on any atom is 0.191 e. The predicted octanol–water partition coefficient (Wildman–Crippen LogP) is 5.00. The van der Waals surface area contributed by atoms with Gasteiger partial charge in [-0.25, -0.2) is 4.99 Å². The van der Waals surface area contributed by atoms with Gasteiger partial charge in [0.25, 0.3) is 0 Å². The van der Waals surface area contributed by atoms with Crippen LogP contribution in [0, 0.1) is 0 Å². The van der Waals surface area contributed by atoms with E-state index in [1.54, 1.807) is 0 Å². The number of nitrogens with one attached hydrogen (secondary N) is 2. The average molecular weight is 507 g/mol.